The van der Waals surface area contributed by atoms with E-state index in [4.69, 9.17) is 10.2 Å². The van der Waals surface area contributed by atoms with E-state index in [1.807, 2.05) is 19.1 Å². The van der Waals surface area contributed by atoms with Gasteiger partial charge in [0.15, 0.2) is 0 Å². The number of aliphatic carboxylic acids is 1. The highest BCUT2D eigenvalue weighted by Crippen LogP contribution is 2.11. The molecule has 0 aliphatic heterocycles. The van der Waals surface area contributed by atoms with Gasteiger partial charge in [0.2, 0.25) is 0 Å². The third-order valence-corrected chi connectivity index (χ3v) is 2.84. The maximum atomic E-state index is 12.3. The molecular weight excluding hydrogens is 246 g/mol. The number of hydrogen-bond acceptors (Lipinski definition) is 3. The number of hydrogen-bond donors (Lipinski definition) is 2. The zero-order valence-electron chi connectivity index (χ0n) is 11.0. The van der Waals surface area contributed by atoms with Gasteiger partial charge in [-0.1, -0.05) is 18.2 Å². The fraction of sp³-hybridized carbons (Fsp3) is 0.429. The van der Waals surface area contributed by atoms with E-state index < -0.39 is 5.97 Å². The van der Waals surface area contributed by atoms with Crippen molar-refractivity contribution >= 4 is 11.9 Å². The SMILES string of the molecule is Cc1ccccc1C(=O)N(CCCO)CCC(=O)O. The van der Waals surface area contributed by atoms with Gasteiger partial charge in [-0.05, 0) is 25.0 Å². The minimum Gasteiger partial charge on any atom is -0.481 e. The summed E-state index contributed by atoms with van der Waals surface area (Å²) in [6, 6.07) is 7.20. The molecule has 0 atom stereocenters. The van der Waals surface area contributed by atoms with Gasteiger partial charge in [0.05, 0.1) is 6.42 Å². The number of benzene rings is 1. The van der Waals surface area contributed by atoms with Crippen molar-refractivity contribution < 1.29 is 19.8 Å². The second-order valence-corrected chi connectivity index (χ2v) is 4.33. The summed E-state index contributed by atoms with van der Waals surface area (Å²) in [5, 5.41) is 17.6. The van der Waals surface area contributed by atoms with Crippen molar-refractivity contribution in [3.8, 4) is 0 Å². The van der Waals surface area contributed by atoms with Gasteiger partial charge in [-0.3, -0.25) is 9.59 Å². The first-order valence-corrected chi connectivity index (χ1v) is 6.24. The summed E-state index contributed by atoms with van der Waals surface area (Å²) < 4.78 is 0. The number of carboxylic acid groups (broad SMARTS) is 1. The summed E-state index contributed by atoms with van der Waals surface area (Å²) in [5.74, 6) is -1.13. The molecule has 2 N–H and O–H groups in total. The first-order chi connectivity index (χ1) is 9.06. The van der Waals surface area contributed by atoms with Crippen LogP contribution in [0, 0.1) is 6.92 Å². The van der Waals surface area contributed by atoms with Crippen LogP contribution in [-0.4, -0.2) is 46.7 Å². The van der Waals surface area contributed by atoms with Crippen molar-refractivity contribution in [2.75, 3.05) is 19.7 Å². The van der Waals surface area contributed by atoms with E-state index in [1.165, 1.54) is 4.90 Å². The smallest absolute Gasteiger partial charge is 0.305 e. The maximum absolute atomic E-state index is 12.3. The molecule has 0 saturated heterocycles. The molecule has 19 heavy (non-hydrogen) atoms. The molecule has 0 fully saturated rings. The highest BCUT2D eigenvalue weighted by Gasteiger charge is 2.17. The number of rotatable bonds is 7. The Morgan fingerprint density at radius 1 is 1.21 bits per heavy atom. The number of aliphatic hydroxyl groups excluding tert-OH is 1. The van der Waals surface area contributed by atoms with Crippen LogP contribution in [0.3, 0.4) is 0 Å². The van der Waals surface area contributed by atoms with Gasteiger partial charge in [0.1, 0.15) is 0 Å². The van der Waals surface area contributed by atoms with Gasteiger partial charge in [-0.2, -0.15) is 0 Å². The van der Waals surface area contributed by atoms with E-state index in [1.54, 1.807) is 12.1 Å². The molecular formula is C14H19NO4. The highest BCUT2D eigenvalue weighted by atomic mass is 16.4. The van der Waals surface area contributed by atoms with Crippen LogP contribution >= 0.6 is 0 Å². The molecule has 0 saturated carbocycles. The summed E-state index contributed by atoms with van der Waals surface area (Å²) >= 11 is 0. The normalized spacial score (nSPS) is 10.2. The van der Waals surface area contributed by atoms with E-state index in [2.05, 4.69) is 0 Å². The topological polar surface area (TPSA) is 77.8 Å². The summed E-state index contributed by atoms with van der Waals surface area (Å²) in [6.45, 7) is 2.33. The molecule has 0 radical (unpaired) electrons. The number of aliphatic hydroxyl groups is 1. The monoisotopic (exact) mass is 265 g/mol. The van der Waals surface area contributed by atoms with E-state index in [0.717, 1.165) is 5.56 Å². The third kappa shape index (κ3) is 4.71. The number of carboxylic acids is 1. The minimum atomic E-state index is -0.938. The number of carbonyl (C=O) groups excluding carboxylic acids is 1. The average molecular weight is 265 g/mol. The molecule has 0 bridgehead atoms. The van der Waals surface area contributed by atoms with Gasteiger partial charge >= 0.3 is 5.97 Å². The van der Waals surface area contributed by atoms with Crippen LogP contribution in [0.15, 0.2) is 24.3 Å². The number of carbonyl (C=O) groups is 2. The van der Waals surface area contributed by atoms with Crippen LogP contribution < -0.4 is 0 Å². The second kappa shape index (κ2) is 7.53. The van der Waals surface area contributed by atoms with Crippen molar-refractivity contribution in [3.05, 3.63) is 35.4 Å². The standard InChI is InChI=1S/C14H19NO4/c1-11-5-2-3-6-12(11)14(19)15(8-4-10-16)9-7-13(17)18/h2-3,5-6,16H,4,7-10H2,1H3,(H,17,18). The Kier molecular flexibility index (Phi) is 6.02. The first-order valence-electron chi connectivity index (χ1n) is 6.24. The Morgan fingerprint density at radius 2 is 1.89 bits per heavy atom. The third-order valence-electron chi connectivity index (χ3n) is 2.84. The highest BCUT2D eigenvalue weighted by molar-refractivity contribution is 5.95. The van der Waals surface area contributed by atoms with E-state index >= 15 is 0 Å². The molecule has 0 aromatic heterocycles. The molecule has 0 heterocycles. The number of nitrogens with zero attached hydrogens (tertiary/aromatic N) is 1. The Balaban J connectivity index is 2.81. The van der Waals surface area contributed by atoms with Gasteiger partial charge in [0, 0.05) is 25.3 Å². The second-order valence-electron chi connectivity index (χ2n) is 4.33. The van der Waals surface area contributed by atoms with Crippen molar-refractivity contribution in [3.63, 3.8) is 0 Å². The Bertz CT molecular complexity index is 445. The van der Waals surface area contributed by atoms with Gasteiger partial charge in [-0.15, -0.1) is 0 Å². The molecule has 5 nitrogen and oxygen atoms in total. The predicted octanol–water partition coefficient (Wildman–Crippen LogP) is 1.29. The van der Waals surface area contributed by atoms with Gasteiger partial charge < -0.3 is 15.1 Å². The summed E-state index contributed by atoms with van der Waals surface area (Å²) in [4.78, 5) is 24.4. The van der Waals surface area contributed by atoms with E-state index in [9.17, 15) is 9.59 Å². The predicted molar refractivity (Wildman–Crippen MR) is 71.0 cm³/mol. The molecule has 0 unspecified atom stereocenters. The zero-order valence-corrected chi connectivity index (χ0v) is 11.0. The van der Waals surface area contributed by atoms with Crippen LogP contribution in [-0.2, 0) is 4.79 Å². The van der Waals surface area contributed by atoms with E-state index in [-0.39, 0.29) is 25.5 Å². The summed E-state index contributed by atoms with van der Waals surface area (Å²) in [7, 11) is 0. The van der Waals surface area contributed by atoms with Gasteiger partial charge in [-0.25, -0.2) is 0 Å². The lowest BCUT2D eigenvalue weighted by Gasteiger charge is -2.22. The number of amides is 1. The maximum Gasteiger partial charge on any atom is 0.305 e. The van der Waals surface area contributed by atoms with Crippen LogP contribution in [0.5, 0.6) is 0 Å². The van der Waals surface area contributed by atoms with Gasteiger partial charge in [0.25, 0.3) is 5.91 Å². The number of aryl methyl sites for hydroxylation is 1. The molecule has 5 heteroatoms. The summed E-state index contributed by atoms with van der Waals surface area (Å²) in [5.41, 5.74) is 1.43. The average Bonchev–Trinajstić information content (AvgIpc) is 2.38. The minimum absolute atomic E-state index is 0.0232. The van der Waals surface area contributed by atoms with Crippen LogP contribution in [0.25, 0.3) is 0 Å². The molecule has 1 aromatic carbocycles. The van der Waals surface area contributed by atoms with Crippen LogP contribution in [0.4, 0.5) is 0 Å². The Labute approximate surface area is 112 Å². The lowest BCUT2D eigenvalue weighted by atomic mass is 10.1. The lowest BCUT2D eigenvalue weighted by molar-refractivity contribution is -0.137. The molecule has 0 aliphatic rings. The molecule has 104 valence electrons. The molecule has 1 rings (SSSR count). The molecule has 1 amide bonds. The Hall–Kier alpha value is -1.88. The van der Waals surface area contributed by atoms with Crippen LogP contribution in [0.2, 0.25) is 0 Å². The van der Waals surface area contributed by atoms with Crippen LogP contribution in [0.1, 0.15) is 28.8 Å². The lowest BCUT2D eigenvalue weighted by Crippen LogP contribution is -2.34. The van der Waals surface area contributed by atoms with Crippen molar-refractivity contribution in [1.29, 1.82) is 0 Å². The molecule has 0 aliphatic carbocycles. The summed E-state index contributed by atoms with van der Waals surface area (Å²) in [6.07, 6.45) is 0.348. The largest absolute Gasteiger partial charge is 0.481 e. The molecule has 1 aromatic rings. The van der Waals surface area contributed by atoms with E-state index in [0.29, 0.717) is 18.5 Å². The molecule has 0 spiro atoms. The Morgan fingerprint density at radius 3 is 2.47 bits per heavy atom. The zero-order chi connectivity index (χ0) is 14.3. The fourth-order valence-electron chi connectivity index (χ4n) is 1.79. The quantitative estimate of drug-likeness (QED) is 0.779. The fourth-order valence-corrected chi connectivity index (χ4v) is 1.79. The van der Waals surface area contributed by atoms with Crippen molar-refractivity contribution in [1.82, 2.24) is 4.90 Å². The van der Waals surface area contributed by atoms with Crippen molar-refractivity contribution in [2.24, 2.45) is 0 Å². The van der Waals surface area contributed by atoms with Crippen molar-refractivity contribution in [2.45, 2.75) is 19.8 Å². The first kappa shape index (κ1) is 15.2.